The normalized spacial score (nSPS) is 12.9. The summed E-state index contributed by atoms with van der Waals surface area (Å²) in [5.41, 5.74) is 2.36. The second-order valence-corrected chi connectivity index (χ2v) is 5.10. The molecule has 104 valence electrons. The molecule has 0 saturated heterocycles. The molecule has 1 N–H and O–H groups in total. The lowest BCUT2D eigenvalue weighted by molar-refractivity contribution is 0.122. The van der Waals surface area contributed by atoms with Gasteiger partial charge in [0.1, 0.15) is 0 Å². The van der Waals surface area contributed by atoms with Gasteiger partial charge in [-0.15, -0.1) is 0 Å². The van der Waals surface area contributed by atoms with E-state index in [1.165, 1.54) is 5.69 Å². The van der Waals surface area contributed by atoms with Crippen molar-refractivity contribution in [3.8, 4) is 0 Å². The molecule has 18 heavy (non-hydrogen) atoms. The standard InChI is InChI=1S/C13H24BrN3O/c1-5-11-13(14)12(17(4)16-11)8-10(15-6-2)9-18-7-3/h10,15H,5-9H2,1-4H3. The van der Waals surface area contributed by atoms with Gasteiger partial charge in [-0.25, -0.2) is 0 Å². The average Bonchev–Trinajstić information content (AvgIpc) is 2.63. The molecule has 4 nitrogen and oxygen atoms in total. The summed E-state index contributed by atoms with van der Waals surface area (Å²) in [6.07, 6.45) is 1.88. The highest BCUT2D eigenvalue weighted by molar-refractivity contribution is 9.10. The van der Waals surface area contributed by atoms with Gasteiger partial charge < -0.3 is 10.1 Å². The molecule has 0 bridgehead atoms. The molecule has 1 atom stereocenters. The number of aromatic nitrogens is 2. The Morgan fingerprint density at radius 2 is 2.11 bits per heavy atom. The molecule has 0 aliphatic carbocycles. The maximum absolute atomic E-state index is 5.53. The number of hydrogen-bond donors (Lipinski definition) is 1. The molecule has 0 radical (unpaired) electrons. The van der Waals surface area contributed by atoms with Gasteiger partial charge in [0, 0.05) is 26.1 Å². The van der Waals surface area contributed by atoms with E-state index in [2.05, 4.69) is 40.2 Å². The zero-order chi connectivity index (χ0) is 13.5. The minimum absolute atomic E-state index is 0.339. The predicted octanol–water partition coefficient (Wildman–Crippen LogP) is 2.30. The third-order valence-electron chi connectivity index (χ3n) is 2.96. The smallest absolute Gasteiger partial charge is 0.0766 e. The van der Waals surface area contributed by atoms with Crippen LogP contribution >= 0.6 is 15.9 Å². The topological polar surface area (TPSA) is 39.1 Å². The summed E-state index contributed by atoms with van der Waals surface area (Å²) >= 11 is 3.66. The summed E-state index contributed by atoms with van der Waals surface area (Å²) in [7, 11) is 2.00. The lowest BCUT2D eigenvalue weighted by atomic mass is 10.1. The van der Waals surface area contributed by atoms with E-state index in [1.807, 2.05) is 18.7 Å². The van der Waals surface area contributed by atoms with Crippen LogP contribution in [0.5, 0.6) is 0 Å². The van der Waals surface area contributed by atoms with Gasteiger partial charge in [-0.05, 0) is 35.8 Å². The minimum atomic E-state index is 0.339. The third-order valence-corrected chi connectivity index (χ3v) is 3.87. The van der Waals surface area contributed by atoms with Crippen LogP contribution in [-0.4, -0.2) is 35.6 Å². The lowest BCUT2D eigenvalue weighted by Crippen LogP contribution is -2.36. The first-order valence-corrected chi connectivity index (χ1v) is 7.44. The van der Waals surface area contributed by atoms with Crippen LogP contribution in [0.4, 0.5) is 0 Å². The highest BCUT2D eigenvalue weighted by atomic mass is 79.9. The number of likely N-dealkylation sites (N-methyl/N-ethyl adjacent to an activating group) is 1. The number of hydrogen-bond acceptors (Lipinski definition) is 3. The highest BCUT2D eigenvalue weighted by Gasteiger charge is 2.17. The third kappa shape index (κ3) is 4.07. The summed E-state index contributed by atoms with van der Waals surface area (Å²) in [4.78, 5) is 0. The van der Waals surface area contributed by atoms with E-state index in [-0.39, 0.29) is 0 Å². The van der Waals surface area contributed by atoms with Crippen molar-refractivity contribution in [1.82, 2.24) is 15.1 Å². The summed E-state index contributed by atoms with van der Waals surface area (Å²) < 4.78 is 8.64. The second kappa shape index (κ2) is 7.92. The van der Waals surface area contributed by atoms with Gasteiger partial charge in [0.15, 0.2) is 0 Å². The maximum Gasteiger partial charge on any atom is 0.0766 e. The van der Waals surface area contributed by atoms with E-state index >= 15 is 0 Å². The fourth-order valence-electron chi connectivity index (χ4n) is 2.01. The van der Waals surface area contributed by atoms with Crippen molar-refractivity contribution in [3.63, 3.8) is 0 Å². The first kappa shape index (κ1) is 15.7. The number of nitrogens with one attached hydrogen (secondary N) is 1. The van der Waals surface area contributed by atoms with Crippen molar-refractivity contribution in [3.05, 3.63) is 15.9 Å². The fraction of sp³-hybridized carbons (Fsp3) is 0.769. The van der Waals surface area contributed by atoms with Crippen LogP contribution < -0.4 is 5.32 Å². The van der Waals surface area contributed by atoms with Gasteiger partial charge in [0.2, 0.25) is 0 Å². The molecule has 1 unspecified atom stereocenters. The molecular formula is C13H24BrN3O. The molecule has 1 heterocycles. The average molecular weight is 318 g/mol. The van der Waals surface area contributed by atoms with E-state index in [9.17, 15) is 0 Å². The molecule has 1 rings (SSSR count). The van der Waals surface area contributed by atoms with Gasteiger partial charge in [0.05, 0.1) is 22.5 Å². The van der Waals surface area contributed by atoms with Crippen LogP contribution in [0, 0.1) is 0 Å². The van der Waals surface area contributed by atoms with Crippen LogP contribution in [0.15, 0.2) is 4.47 Å². The monoisotopic (exact) mass is 317 g/mol. The number of aryl methyl sites for hydroxylation is 2. The Hall–Kier alpha value is -0.390. The SMILES string of the molecule is CCNC(COCC)Cc1c(Br)c(CC)nn1C. The maximum atomic E-state index is 5.53. The van der Waals surface area contributed by atoms with Gasteiger partial charge >= 0.3 is 0 Å². The van der Waals surface area contributed by atoms with Gasteiger partial charge in [0.25, 0.3) is 0 Å². The number of halogens is 1. The Balaban J connectivity index is 2.76. The molecule has 0 saturated carbocycles. The number of rotatable bonds is 8. The molecule has 0 aliphatic heterocycles. The number of ether oxygens (including phenoxy) is 1. The quantitative estimate of drug-likeness (QED) is 0.799. The molecule has 1 aromatic rings. The van der Waals surface area contributed by atoms with Crippen LogP contribution in [0.1, 0.15) is 32.2 Å². The van der Waals surface area contributed by atoms with Gasteiger partial charge in [-0.2, -0.15) is 5.10 Å². The van der Waals surface area contributed by atoms with Crippen molar-refractivity contribution in [1.29, 1.82) is 0 Å². The summed E-state index contributed by atoms with van der Waals surface area (Å²) in [5, 5.41) is 7.98. The predicted molar refractivity (Wildman–Crippen MR) is 77.9 cm³/mol. The molecule has 1 aromatic heterocycles. The number of nitrogens with zero attached hydrogens (tertiary/aromatic N) is 2. The molecule has 0 fully saturated rings. The molecule has 0 amide bonds. The zero-order valence-corrected chi connectivity index (χ0v) is 13.4. The van der Waals surface area contributed by atoms with E-state index in [1.54, 1.807) is 0 Å². The Bertz CT molecular complexity index is 365. The Morgan fingerprint density at radius 3 is 2.61 bits per heavy atom. The largest absolute Gasteiger partial charge is 0.380 e. The van der Waals surface area contributed by atoms with Crippen molar-refractivity contribution in [2.45, 2.75) is 39.7 Å². The van der Waals surface area contributed by atoms with E-state index < -0.39 is 0 Å². The lowest BCUT2D eigenvalue weighted by Gasteiger charge is -2.18. The zero-order valence-electron chi connectivity index (χ0n) is 11.8. The molecule has 5 heteroatoms. The van der Waals surface area contributed by atoms with Crippen LogP contribution in [-0.2, 0) is 24.6 Å². The van der Waals surface area contributed by atoms with Crippen molar-refractivity contribution < 1.29 is 4.74 Å². The van der Waals surface area contributed by atoms with Crippen LogP contribution in [0.2, 0.25) is 0 Å². The summed E-state index contributed by atoms with van der Waals surface area (Å²) in [5.74, 6) is 0. The minimum Gasteiger partial charge on any atom is -0.380 e. The molecule has 0 spiro atoms. The van der Waals surface area contributed by atoms with E-state index in [0.29, 0.717) is 6.04 Å². The summed E-state index contributed by atoms with van der Waals surface area (Å²) in [6.45, 7) is 8.72. The first-order valence-electron chi connectivity index (χ1n) is 6.65. The molecule has 0 aromatic carbocycles. The highest BCUT2D eigenvalue weighted by Crippen LogP contribution is 2.22. The Morgan fingerprint density at radius 1 is 1.39 bits per heavy atom. The molecular weight excluding hydrogens is 294 g/mol. The van der Waals surface area contributed by atoms with Crippen molar-refractivity contribution in [2.24, 2.45) is 7.05 Å². The first-order chi connectivity index (χ1) is 8.63. The van der Waals surface area contributed by atoms with Gasteiger partial charge in [-0.3, -0.25) is 4.68 Å². The van der Waals surface area contributed by atoms with Crippen LogP contribution in [0.3, 0.4) is 0 Å². The van der Waals surface area contributed by atoms with Crippen molar-refractivity contribution in [2.75, 3.05) is 19.8 Å². The summed E-state index contributed by atoms with van der Waals surface area (Å²) in [6, 6.07) is 0.339. The van der Waals surface area contributed by atoms with Crippen molar-refractivity contribution >= 4 is 15.9 Å². The Kier molecular flexibility index (Phi) is 6.89. The fourth-order valence-corrected chi connectivity index (χ4v) is 2.79. The van der Waals surface area contributed by atoms with E-state index in [4.69, 9.17) is 4.74 Å². The van der Waals surface area contributed by atoms with E-state index in [0.717, 1.165) is 42.8 Å². The molecule has 0 aliphatic rings. The van der Waals surface area contributed by atoms with Crippen LogP contribution in [0.25, 0.3) is 0 Å². The van der Waals surface area contributed by atoms with Gasteiger partial charge in [-0.1, -0.05) is 13.8 Å². The Labute approximate surface area is 118 Å². The second-order valence-electron chi connectivity index (χ2n) is 4.30.